The molecule has 0 aromatic heterocycles. The fraction of sp³-hybridized carbons (Fsp3) is 0.158. The number of ether oxygens (including phenoxy) is 2. The average Bonchev–Trinajstić information content (AvgIpc) is 2.66. The Morgan fingerprint density at radius 2 is 2.00 bits per heavy atom. The van der Waals surface area contributed by atoms with Crippen LogP contribution < -0.4 is 10.1 Å². The van der Waals surface area contributed by atoms with Gasteiger partial charge in [0, 0.05) is 23.4 Å². The van der Waals surface area contributed by atoms with Gasteiger partial charge in [-0.15, -0.1) is 0 Å². The van der Waals surface area contributed by atoms with Crippen molar-refractivity contribution in [1.82, 2.24) is 0 Å². The summed E-state index contributed by atoms with van der Waals surface area (Å²) in [6.45, 7) is 1.09. The van der Waals surface area contributed by atoms with Crippen LogP contribution in [-0.2, 0) is 14.3 Å². The van der Waals surface area contributed by atoms with E-state index < -0.39 is 23.4 Å². The molecule has 0 unspecified atom stereocenters. The van der Waals surface area contributed by atoms with Gasteiger partial charge >= 0.3 is 5.97 Å². The van der Waals surface area contributed by atoms with E-state index in [4.69, 9.17) is 9.47 Å². The summed E-state index contributed by atoms with van der Waals surface area (Å²) in [6.07, 6.45) is 2.73. The van der Waals surface area contributed by atoms with Crippen molar-refractivity contribution in [2.45, 2.75) is 6.92 Å². The Hall–Kier alpha value is -3.68. The van der Waals surface area contributed by atoms with E-state index in [1.165, 1.54) is 30.4 Å². The van der Waals surface area contributed by atoms with Crippen LogP contribution in [0.3, 0.4) is 0 Å². The molecule has 0 aliphatic carbocycles. The zero-order chi connectivity index (χ0) is 19.8. The van der Waals surface area contributed by atoms with Crippen LogP contribution >= 0.6 is 0 Å². The molecule has 0 saturated heterocycles. The van der Waals surface area contributed by atoms with Crippen LogP contribution in [0.25, 0.3) is 6.08 Å². The topological polar surface area (TPSA) is 108 Å². The number of rotatable bonds is 7. The lowest BCUT2D eigenvalue weighted by molar-refractivity contribution is -0.385. The van der Waals surface area contributed by atoms with Crippen LogP contribution in [0.4, 0.5) is 11.4 Å². The Balaban J connectivity index is 1.87. The summed E-state index contributed by atoms with van der Waals surface area (Å²) in [6, 6.07) is 11.4. The van der Waals surface area contributed by atoms with Crippen LogP contribution in [0.15, 0.2) is 48.5 Å². The van der Waals surface area contributed by atoms with Crippen molar-refractivity contribution in [2.75, 3.05) is 19.0 Å². The van der Waals surface area contributed by atoms with Gasteiger partial charge in [-0.2, -0.15) is 0 Å². The highest BCUT2D eigenvalue weighted by molar-refractivity contribution is 5.94. The number of aryl methyl sites for hydroxylation is 1. The molecule has 1 N–H and O–H groups in total. The molecule has 8 heteroatoms. The van der Waals surface area contributed by atoms with Crippen molar-refractivity contribution in [3.8, 4) is 5.75 Å². The third-order valence-electron chi connectivity index (χ3n) is 3.54. The number of nitrogens with one attached hydrogen (secondary N) is 1. The number of amides is 1. The summed E-state index contributed by atoms with van der Waals surface area (Å²) < 4.78 is 9.94. The summed E-state index contributed by atoms with van der Waals surface area (Å²) in [7, 11) is 1.54. The number of benzene rings is 2. The van der Waals surface area contributed by atoms with E-state index in [2.05, 4.69) is 5.32 Å². The summed E-state index contributed by atoms with van der Waals surface area (Å²) >= 11 is 0. The molecule has 8 nitrogen and oxygen atoms in total. The molecule has 1 amide bonds. The lowest BCUT2D eigenvalue weighted by atomic mass is 10.2. The number of esters is 1. The zero-order valence-electron chi connectivity index (χ0n) is 14.8. The van der Waals surface area contributed by atoms with E-state index in [9.17, 15) is 19.7 Å². The smallest absolute Gasteiger partial charge is 0.331 e. The summed E-state index contributed by atoms with van der Waals surface area (Å²) in [5.74, 6) is -0.642. The van der Waals surface area contributed by atoms with Gasteiger partial charge in [-0.25, -0.2) is 4.79 Å². The summed E-state index contributed by atoms with van der Waals surface area (Å²) in [5.41, 5.74) is 1.36. The second kappa shape index (κ2) is 9.14. The Labute approximate surface area is 155 Å². The largest absolute Gasteiger partial charge is 0.497 e. The molecule has 0 bridgehead atoms. The number of hydrogen-bond donors (Lipinski definition) is 1. The monoisotopic (exact) mass is 370 g/mol. The highest BCUT2D eigenvalue weighted by Gasteiger charge is 2.13. The number of carbonyl (C=O) groups excluding carboxylic acids is 2. The number of nitro benzene ring substituents is 1. The second-order valence-electron chi connectivity index (χ2n) is 5.52. The number of nitro groups is 1. The minimum atomic E-state index is -0.692. The molecular weight excluding hydrogens is 352 g/mol. The lowest BCUT2D eigenvalue weighted by Gasteiger charge is -2.06. The van der Waals surface area contributed by atoms with Crippen LogP contribution in [0, 0.1) is 17.0 Å². The van der Waals surface area contributed by atoms with Gasteiger partial charge in [0.25, 0.3) is 11.6 Å². The molecule has 27 heavy (non-hydrogen) atoms. The van der Waals surface area contributed by atoms with E-state index in [1.54, 1.807) is 38.3 Å². The first kappa shape index (κ1) is 19.6. The molecule has 0 aliphatic rings. The Bertz CT molecular complexity index is 892. The van der Waals surface area contributed by atoms with Crippen LogP contribution in [0.2, 0.25) is 0 Å². The van der Waals surface area contributed by atoms with Gasteiger partial charge in [-0.1, -0.05) is 18.2 Å². The maximum atomic E-state index is 11.8. The first-order valence-electron chi connectivity index (χ1n) is 7.93. The number of methoxy groups -OCH3 is 1. The van der Waals surface area contributed by atoms with Gasteiger partial charge in [0.1, 0.15) is 5.75 Å². The van der Waals surface area contributed by atoms with Gasteiger partial charge in [0.15, 0.2) is 6.61 Å². The van der Waals surface area contributed by atoms with E-state index >= 15 is 0 Å². The van der Waals surface area contributed by atoms with Crippen molar-refractivity contribution < 1.29 is 24.0 Å². The molecule has 0 spiro atoms. The van der Waals surface area contributed by atoms with Crippen molar-refractivity contribution in [3.05, 3.63) is 69.8 Å². The first-order chi connectivity index (χ1) is 12.9. The molecule has 0 fully saturated rings. The van der Waals surface area contributed by atoms with Crippen molar-refractivity contribution in [1.29, 1.82) is 0 Å². The second-order valence-corrected chi connectivity index (χ2v) is 5.52. The minimum absolute atomic E-state index is 0.106. The Morgan fingerprint density at radius 3 is 2.70 bits per heavy atom. The molecule has 2 aromatic rings. The third-order valence-corrected chi connectivity index (χ3v) is 3.54. The fourth-order valence-corrected chi connectivity index (χ4v) is 2.18. The maximum absolute atomic E-state index is 11.8. The quantitative estimate of drug-likeness (QED) is 0.347. The predicted octanol–water partition coefficient (Wildman–Crippen LogP) is 3.11. The van der Waals surface area contributed by atoms with Gasteiger partial charge in [-0.3, -0.25) is 14.9 Å². The third kappa shape index (κ3) is 5.96. The van der Waals surface area contributed by atoms with Crippen LogP contribution in [-0.4, -0.2) is 30.5 Å². The van der Waals surface area contributed by atoms with Crippen molar-refractivity contribution >= 4 is 29.3 Å². The highest BCUT2D eigenvalue weighted by Crippen LogP contribution is 2.22. The van der Waals surface area contributed by atoms with Crippen LogP contribution in [0.1, 0.15) is 11.1 Å². The lowest BCUT2D eigenvalue weighted by Crippen LogP contribution is -2.20. The molecule has 0 aliphatic heterocycles. The molecule has 0 atom stereocenters. The molecule has 2 aromatic carbocycles. The minimum Gasteiger partial charge on any atom is -0.497 e. The number of nitrogens with zero attached hydrogens (tertiary/aromatic N) is 1. The predicted molar refractivity (Wildman–Crippen MR) is 99.5 cm³/mol. The van der Waals surface area contributed by atoms with E-state index in [0.29, 0.717) is 11.3 Å². The molecule has 0 saturated carbocycles. The first-order valence-corrected chi connectivity index (χ1v) is 7.93. The molecule has 0 radical (unpaired) electrons. The molecule has 140 valence electrons. The molecule has 2 rings (SSSR count). The SMILES string of the molecule is COc1cccc(/C=C/C(=O)OCC(=O)Nc2ccc(C)c([N+](=O)[O-])c2)c1. The summed E-state index contributed by atoms with van der Waals surface area (Å²) in [5, 5.41) is 13.4. The highest BCUT2D eigenvalue weighted by atomic mass is 16.6. The Morgan fingerprint density at radius 1 is 1.22 bits per heavy atom. The van der Waals surface area contributed by atoms with Crippen molar-refractivity contribution in [2.24, 2.45) is 0 Å². The van der Waals surface area contributed by atoms with E-state index in [0.717, 1.165) is 5.56 Å². The van der Waals surface area contributed by atoms with Crippen molar-refractivity contribution in [3.63, 3.8) is 0 Å². The molecular formula is C19H18N2O6. The number of carbonyl (C=O) groups is 2. The van der Waals surface area contributed by atoms with Gasteiger partial charge < -0.3 is 14.8 Å². The summed E-state index contributed by atoms with van der Waals surface area (Å²) in [4.78, 5) is 33.9. The fourth-order valence-electron chi connectivity index (χ4n) is 2.18. The average molecular weight is 370 g/mol. The maximum Gasteiger partial charge on any atom is 0.331 e. The van der Waals surface area contributed by atoms with Crippen LogP contribution in [0.5, 0.6) is 5.75 Å². The van der Waals surface area contributed by atoms with Gasteiger partial charge in [0.05, 0.1) is 12.0 Å². The Kier molecular flexibility index (Phi) is 6.65. The van der Waals surface area contributed by atoms with E-state index in [-0.39, 0.29) is 11.4 Å². The standard InChI is InChI=1S/C19H18N2O6/c1-13-6-8-15(11-17(13)21(24)25)20-18(22)12-27-19(23)9-7-14-4-3-5-16(10-14)26-2/h3-11H,12H2,1-2H3,(H,20,22)/b9-7+. The normalized spacial score (nSPS) is 10.4. The van der Waals surface area contributed by atoms with E-state index in [1.807, 2.05) is 0 Å². The number of hydrogen-bond acceptors (Lipinski definition) is 6. The molecule has 0 heterocycles. The van der Waals surface area contributed by atoms with Gasteiger partial charge in [-0.05, 0) is 36.8 Å². The zero-order valence-corrected chi connectivity index (χ0v) is 14.8. The number of anilines is 1. The van der Waals surface area contributed by atoms with Gasteiger partial charge in [0.2, 0.25) is 0 Å².